The van der Waals surface area contributed by atoms with Gasteiger partial charge in [-0.15, -0.1) is 0 Å². The SMILES string of the molecule is CC(C)(C)n1ncc(N/N=C\c2ccc(Cl)cc2)c(Cl)c1=O. The number of rotatable bonds is 3. The van der Waals surface area contributed by atoms with Crippen molar-refractivity contribution in [2.24, 2.45) is 5.10 Å². The molecule has 0 saturated carbocycles. The molecule has 22 heavy (non-hydrogen) atoms. The Hall–Kier alpha value is -1.85. The van der Waals surface area contributed by atoms with Crippen molar-refractivity contribution in [3.05, 3.63) is 56.4 Å². The highest BCUT2D eigenvalue weighted by molar-refractivity contribution is 6.33. The predicted octanol–water partition coefficient (Wildman–Crippen LogP) is 3.75. The predicted molar refractivity (Wildman–Crippen MR) is 91.2 cm³/mol. The maximum absolute atomic E-state index is 12.2. The Morgan fingerprint density at radius 1 is 1.23 bits per heavy atom. The monoisotopic (exact) mass is 338 g/mol. The number of nitrogens with zero attached hydrogens (tertiary/aromatic N) is 3. The van der Waals surface area contributed by atoms with E-state index in [4.69, 9.17) is 23.2 Å². The summed E-state index contributed by atoms with van der Waals surface area (Å²) in [7, 11) is 0. The highest BCUT2D eigenvalue weighted by Crippen LogP contribution is 2.18. The van der Waals surface area contributed by atoms with E-state index in [1.54, 1.807) is 18.3 Å². The maximum atomic E-state index is 12.2. The Labute approximate surface area is 138 Å². The number of nitrogens with one attached hydrogen (secondary N) is 1. The van der Waals surface area contributed by atoms with Crippen molar-refractivity contribution < 1.29 is 0 Å². The van der Waals surface area contributed by atoms with Gasteiger partial charge in [0.2, 0.25) is 0 Å². The van der Waals surface area contributed by atoms with Crippen molar-refractivity contribution in [3.63, 3.8) is 0 Å². The number of halogens is 2. The molecule has 5 nitrogen and oxygen atoms in total. The topological polar surface area (TPSA) is 59.3 Å². The van der Waals surface area contributed by atoms with E-state index in [9.17, 15) is 4.79 Å². The molecule has 0 saturated heterocycles. The lowest BCUT2D eigenvalue weighted by atomic mass is 10.1. The molecule has 0 aliphatic rings. The van der Waals surface area contributed by atoms with Gasteiger partial charge in [0.15, 0.2) is 0 Å². The van der Waals surface area contributed by atoms with Crippen LogP contribution in [0.15, 0.2) is 40.4 Å². The smallest absolute Gasteiger partial charge is 0.275 e. The number of hydrogen-bond acceptors (Lipinski definition) is 4. The number of anilines is 1. The Morgan fingerprint density at radius 2 is 1.86 bits per heavy atom. The van der Waals surface area contributed by atoms with E-state index in [2.05, 4.69) is 15.6 Å². The van der Waals surface area contributed by atoms with Crippen molar-refractivity contribution in [3.8, 4) is 0 Å². The first-order valence-electron chi connectivity index (χ1n) is 6.62. The molecule has 0 unspecified atom stereocenters. The van der Waals surface area contributed by atoms with Crippen LogP contribution in [-0.2, 0) is 5.54 Å². The Morgan fingerprint density at radius 3 is 2.45 bits per heavy atom. The minimum atomic E-state index is -0.439. The van der Waals surface area contributed by atoms with Crippen molar-refractivity contribution in [2.45, 2.75) is 26.3 Å². The van der Waals surface area contributed by atoms with Gasteiger partial charge >= 0.3 is 0 Å². The minimum Gasteiger partial charge on any atom is -0.275 e. The lowest BCUT2D eigenvalue weighted by molar-refractivity contribution is 0.338. The van der Waals surface area contributed by atoms with Gasteiger partial charge in [0.1, 0.15) is 10.7 Å². The van der Waals surface area contributed by atoms with E-state index < -0.39 is 5.54 Å². The highest BCUT2D eigenvalue weighted by atomic mass is 35.5. The zero-order chi connectivity index (χ0) is 16.3. The maximum Gasteiger partial charge on any atom is 0.288 e. The van der Waals surface area contributed by atoms with Crippen LogP contribution in [-0.4, -0.2) is 16.0 Å². The quantitative estimate of drug-likeness (QED) is 0.684. The molecule has 0 fully saturated rings. The molecule has 1 heterocycles. The highest BCUT2D eigenvalue weighted by Gasteiger charge is 2.19. The van der Waals surface area contributed by atoms with Crippen molar-refractivity contribution in [1.82, 2.24) is 9.78 Å². The summed E-state index contributed by atoms with van der Waals surface area (Å²) < 4.78 is 1.34. The lowest BCUT2D eigenvalue weighted by Crippen LogP contribution is -2.36. The van der Waals surface area contributed by atoms with Gasteiger partial charge in [-0.2, -0.15) is 10.2 Å². The fourth-order valence-electron chi connectivity index (χ4n) is 1.71. The normalized spacial score (nSPS) is 11.9. The number of hydrazone groups is 1. The first-order valence-corrected chi connectivity index (χ1v) is 7.37. The van der Waals surface area contributed by atoms with Gasteiger partial charge in [-0.3, -0.25) is 10.2 Å². The van der Waals surface area contributed by atoms with E-state index in [-0.39, 0.29) is 10.6 Å². The fraction of sp³-hybridized carbons (Fsp3) is 0.267. The molecule has 0 amide bonds. The van der Waals surface area contributed by atoms with Crippen LogP contribution in [0.3, 0.4) is 0 Å². The van der Waals surface area contributed by atoms with Crippen LogP contribution in [0.2, 0.25) is 10.0 Å². The average molecular weight is 339 g/mol. The molecule has 0 spiro atoms. The third-order valence-corrected chi connectivity index (χ3v) is 3.44. The van der Waals surface area contributed by atoms with Gasteiger partial charge in [0, 0.05) is 5.02 Å². The van der Waals surface area contributed by atoms with E-state index in [0.29, 0.717) is 10.7 Å². The van der Waals surface area contributed by atoms with Gasteiger partial charge in [-0.25, -0.2) is 4.68 Å². The van der Waals surface area contributed by atoms with E-state index in [0.717, 1.165) is 5.56 Å². The molecule has 1 N–H and O–H groups in total. The van der Waals surface area contributed by atoms with E-state index in [1.165, 1.54) is 10.9 Å². The summed E-state index contributed by atoms with van der Waals surface area (Å²) in [5.74, 6) is 0. The summed E-state index contributed by atoms with van der Waals surface area (Å²) in [6.45, 7) is 5.64. The second-order valence-corrected chi connectivity index (χ2v) is 6.50. The Bertz CT molecular complexity index is 746. The van der Waals surface area contributed by atoms with Crippen molar-refractivity contribution in [1.29, 1.82) is 0 Å². The molecule has 1 aromatic carbocycles. The summed E-state index contributed by atoms with van der Waals surface area (Å²) in [6, 6.07) is 7.18. The molecule has 7 heteroatoms. The minimum absolute atomic E-state index is 0.0539. The van der Waals surface area contributed by atoms with Gasteiger partial charge < -0.3 is 0 Å². The van der Waals surface area contributed by atoms with Crippen LogP contribution >= 0.6 is 23.2 Å². The third-order valence-electron chi connectivity index (χ3n) is 2.82. The molecular formula is C15H16Cl2N4O. The second-order valence-electron chi connectivity index (χ2n) is 5.68. The third kappa shape index (κ3) is 3.87. The molecule has 2 rings (SSSR count). The van der Waals surface area contributed by atoms with E-state index in [1.807, 2.05) is 32.9 Å². The summed E-state index contributed by atoms with van der Waals surface area (Å²) in [6.07, 6.45) is 3.08. The van der Waals surface area contributed by atoms with Crippen LogP contribution in [0.25, 0.3) is 0 Å². The van der Waals surface area contributed by atoms with Crippen LogP contribution in [0, 0.1) is 0 Å². The molecule has 116 valence electrons. The Kier molecular flexibility index (Phi) is 4.88. The van der Waals surface area contributed by atoms with Gasteiger partial charge in [-0.1, -0.05) is 35.3 Å². The van der Waals surface area contributed by atoms with E-state index >= 15 is 0 Å². The Balaban J connectivity index is 2.19. The molecule has 2 aromatic rings. The van der Waals surface area contributed by atoms with Crippen LogP contribution in [0.1, 0.15) is 26.3 Å². The number of hydrogen-bond donors (Lipinski definition) is 1. The van der Waals surface area contributed by atoms with Crippen molar-refractivity contribution in [2.75, 3.05) is 5.43 Å². The van der Waals surface area contributed by atoms with Crippen LogP contribution in [0.5, 0.6) is 0 Å². The molecule has 1 aromatic heterocycles. The first-order chi connectivity index (χ1) is 10.3. The first kappa shape index (κ1) is 16.5. The number of benzene rings is 1. The molecular weight excluding hydrogens is 323 g/mol. The lowest BCUT2D eigenvalue weighted by Gasteiger charge is -2.20. The fourth-order valence-corrected chi connectivity index (χ4v) is 2.01. The summed E-state index contributed by atoms with van der Waals surface area (Å²) in [5.41, 5.74) is 3.15. The second kappa shape index (κ2) is 6.50. The zero-order valence-corrected chi connectivity index (χ0v) is 14.0. The molecule has 0 atom stereocenters. The van der Waals surface area contributed by atoms with Crippen LogP contribution in [0.4, 0.5) is 5.69 Å². The van der Waals surface area contributed by atoms with Crippen molar-refractivity contribution >= 4 is 35.1 Å². The summed E-state index contributed by atoms with van der Waals surface area (Å²) in [4.78, 5) is 12.2. The molecule has 0 aliphatic heterocycles. The van der Waals surface area contributed by atoms with Gasteiger partial charge in [0.05, 0.1) is 18.0 Å². The average Bonchev–Trinajstić information content (AvgIpc) is 2.44. The standard InChI is InChI=1S/C15H16Cl2N4O/c1-15(2,3)21-14(22)13(17)12(9-19-21)20-18-8-10-4-6-11(16)7-5-10/h4-9,20H,1-3H3/b18-8-. The zero-order valence-electron chi connectivity index (χ0n) is 12.5. The molecule has 0 radical (unpaired) electrons. The number of aromatic nitrogens is 2. The largest absolute Gasteiger partial charge is 0.288 e. The molecule has 0 bridgehead atoms. The molecule has 0 aliphatic carbocycles. The van der Waals surface area contributed by atoms with Crippen LogP contribution < -0.4 is 11.0 Å². The summed E-state index contributed by atoms with van der Waals surface area (Å²) in [5, 5.41) is 8.87. The van der Waals surface area contributed by atoms with Gasteiger partial charge in [0.25, 0.3) is 5.56 Å². The summed E-state index contributed by atoms with van der Waals surface area (Å²) >= 11 is 11.9. The van der Waals surface area contributed by atoms with Gasteiger partial charge in [-0.05, 0) is 38.5 Å².